The molecule has 0 aliphatic rings. The van der Waals surface area contributed by atoms with Crippen LogP contribution in [0.15, 0.2) is 12.1 Å². The first-order chi connectivity index (χ1) is 9.87. The van der Waals surface area contributed by atoms with E-state index in [-0.39, 0.29) is 11.3 Å². The van der Waals surface area contributed by atoms with Crippen molar-refractivity contribution < 1.29 is 40.8 Å². The number of rotatable bonds is 5. The number of benzene rings is 1. The molecule has 0 aliphatic carbocycles. The second kappa shape index (κ2) is 6.13. The molecule has 1 rings (SSSR count). The first kappa shape index (κ1) is 18.2. The lowest BCUT2D eigenvalue weighted by atomic mass is 10.1. The average molecular weight is 341 g/mol. The number of phenolic OH excluding ortho intramolecular Hbond substituents is 1. The van der Waals surface area contributed by atoms with Gasteiger partial charge in [-0.3, -0.25) is 0 Å². The van der Waals surface area contributed by atoms with E-state index in [4.69, 9.17) is 0 Å². The number of aromatic hydroxyl groups is 1. The molecule has 0 heterocycles. The van der Waals surface area contributed by atoms with E-state index in [1.54, 1.807) is 0 Å². The van der Waals surface area contributed by atoms with Crippen molar-refractivity contribution in [3.63, 3.8) is 0 Å². The summed E-state index contributed by atoms with van der Waals surface area (Å²) in [4.78, 5) is 11.6. The number of ether oxygens (including phenoxy) is 1. The van der Waals surface area contributed by atoms with Crippen LogP contribution in [0.2, 0.25) is 0 Å². The fourth-order valence-corrected chi connectivity index (χ4v) is 1.94. The minimum atomic E-state index is -6.22. The van der Waals surface area contributed by atoms with Crippen molar-refractivity contribution in [3.05, 3.63) is 28.8 Å². The predicted octanol–water partition coefficient (Wildman–Crippen LogP) is 1.64. The Hall–Kier alpha value is -1.81. The van der Waals surface area contributed by atoms with Gasteiger partial charge in [-0.25, -0.2) is 17.6 Å². The molecule has 1 aromatic carbocycles. The van der Waals surface area contributed by atoms with Crippen LogP contribution >= 0.6 is 0 Å². The van der Waals surface area contributed by atoms with Gasteiger partial charge in [-0.1, -0.05) is 0 Å². The van der Waals surface area contributed by atoms with Crippen LogP contribution in [0, 0.1) is 13.8 Å². The highest BCUT2D eigenvalue weighted by Crippen LogP contribution is 2.28. The average Bonchev–Trinajstić information content (AvgIpc) is 2.39. The van der Waals surface area contributed by atoms with Crippen LogP contribution in [0.5, 0.6) is 5.75 Å². The number of carbonyl (C=O) groups is 1. The maximum Gasteiger partial charge on any atom is 0.368 e. The largest absolute Gasteiger partial charge is 0.743 e. The molecule has 1 aromatic rings. The lowest BCUT2D eigenvalue weighted by Crippen LogP contribution is -2.41. The van der Waals surface area contributed by atoms with Crippen molar-refractivity contribution in [3.8, 4) is 5.75 Å². The van der Waals surface area contributed by atoms with Gasteiger partial charge in [0.15, 0.2) is 10.1 Å². The van der Waals surface area contributed by atoms with Crippen molar-refractivity contribution in [2.75, 3.05) is 6.61 Å². The maximum absolute atomic E-state index is 13.1. The minimum Gasteiger partial charge on any atom is -0.743 e. The topological polar surface area (TPSA) is 104 Å². The minimum absolute atomic E-state index is 0.0797. The first-order valence-corrected chi connectivity index (χ1v) is 7.23. The maximum atomic E-state index is 13.1. The molecule has 1 N–H and O–H groups in total. The summed E-state index contributed by atoms with van der Waals surface area (Å²) in [6, 6.07) is 2.36. The monoisotopic (exact) mass is 341 g/mol. The van der Waals surface area contributed by atoms with Crippen LogP contribution < -0.4 is 0 Å². The van der Waals surface area contributed by atoms with Gasteiger partial charge >= 0.3 is 11.2 Å². The zero-order chi connectivity index (χ0) is 17.3. The van der Waals surface area contributed by atoms with E-state index in [0.717, 1.165) is 0 Å². The highest BCUT2D eigenvalue weighted by Gasteiger charge is 2.48. The lowest BCUT2D eigenvalue weighted by molar-refractivity contribution is -0.0362. The number of carbonyl (C=O) groups excluding carboxylic acids is 1. The van der Waals surface area contributed by atoms with Gasteiger partial charge in [0.25, 0.3) is 0 Å². The number of halogens is 3. The van der Waals surface area contributed by atoms with Crippen LogP contribution in [0.1, 0.15) is 21.5 Å². The van der Waals surface area contributed by atoms with Crippen LogP contribution in [0.3, 0.4) is 0 Å². The van der Waals surface area contributed by atoms with E-state index in [0.29, 0.717) is 11.1 Å². The highest BCUT2D eigenvalue weighted by atomic mass is 32.2. The van der Waals surface area contributed by atoms with Gasteiger partial charge < -0.3 is 14.4 Å². The molecule has 0 radical (unpaired) electrons. The van der Waals surface area contributed by atoms with E-state index < -0.39 is 34.1 Å². The quantitative estimate of drug-likeness (QED) is 0.645. The second-order valence-electron chi connectivity index (χ2n) is 4.54. The number of alkyl halides is 3. The molecule has 0 saturated heterocycles. The van der Waals surface area contributed by atoms with Crippen molar-refractivity contribution >= 4 is 16.1 Å². The number of phenols is 1. The van der Waals surface area contributed by atoms with Crippen molar-refractivity contribution in [2.24, 2.45) is 0 Å². The van der Waals surface area contributed by atoms with E-state index >= 15 is 0 Å². The SMILES string of the molecule is Cc1cc(C(=O)OCC(F)C(F)(F)S(=O)(=O)[O-])cc(C)c1O. The Labute approximate surface area is 124 Å². The molecule has 6 nitrogen and oxygen atoms in total. The van der Waals surface area contributed by atoms with Crippen LogP contribution in [0.4, 0.5) is 13.2 Å². The highest BCUT2D eigenvalue weighted by molar-refractivity contribution is 7.86. The molecule has 0 fully saturated rings. The van der Waals surface area contributed by atoms with Gasteiger partial charge in [0.05, 0.1) is 5.56 Å². The Morgan fingerprint density at radius 2 is 1.82 bits per heavy atom. The van der Waals surface area contributed by atoms with E-state index in [1.165, 1.54) is 26.0 Å². The standard InChI is InChI=1S/C12H13F3O6S/c1-6-3-8(4-7(2)10(6)16)11(17)21-5-9(13)12(14,15)22(18,19)20/h3-4,9,16H,5H2,1-2H3,(H,18,19,20)/p-1. The van der Waals surface area contributed by atoms with Gasteiger partial charge in [0.1, 0.15) is 12.4 Å². The van der Waals surface area contributed by atoms with Gasteiger partial charge in [0.2, 0.25) is 6.17 Å². The molecule has 0 amide bonds. The molecule has 1 atom stereocenters. The van der Waals surface area contributed by atoms with Crippen LogP contribution in [0.25, 0.3) is 0 Å². The number of aryl methyl sites for hydroxylation is 2. The third kappa shape index (κ3) is 3.69. The molecule has 1 unspecified atom stereocenters. The molecule has 0 aromatic heterocycles. The van der Waals surface area contributed by atoms with E-state index in [1.807, 2.05) is 0 Å². The summed E-state index contributed by atoms with van der Waals surface area (Å²) in [6.07, 6.45) is -3.49. The summed E-state index contributed by atoms with van der Waals surface area (Å²) in [5.41, 5.74) is 0.459. The molecule has 22 heavy (non-hydrogen) atoms. The zero-order valence-electron chi connectivity index (χ0n) is 11.5. The Bertz CT molecular complexity index is 663. The third-order valence-electron chi connectivity index (χ3n) is 2.79. The van der Waals surface area contributed by atoms with E-state index in [9.17, 15) is 36.0 Å². The molecular weight excluding hydrogens is 329 g/mol. The Morgan fingerprint density at radius 3 is 2.23 bits per heavy atom. The lowest BCUT2D eigenvalue weighted by Gasteiger charge is -2.23. The van der Waals surface area contributed by atoms with Gasteiger partial charge in [-0.15, -0.1) is 0 Å². The summed E-state index contributed by atoms with van der Waals surface area (Å²) >= 11 is 0. The summed E-state index contributed by atoms with van der Waals surface area (Å²) < 4.78 is 73.8. The van der Waals surface area contributed by atoms with Crippen molar-refractivity contribution in [1.29, 1.82) is 0 Å². The number of hydrogen-bond acceptors (Lipinski definition) is 6. The first-order valence-electron chi connectivity index (χ1n) is 5.82. The Balaban J connectivity index is 2.83. The number of esters is 1. The Kier molecular flexibility index (Phi) is 5.08. The van der Waals surface area contributed by atoms with Crippen LogP contribution in [-0.2, 0) is 14.9 Å². The Morgan fingerprint density at radius 1 is 1.36 bits per heavy atom. The molecule has 0 spiro atoms. The predicted molar refractivity (Wildman–Crippen MR) is 67.4 cm³/mol. The van der Waals surface area contributed by atoms with Crippen molar-refractivity contribution in [2.45, 2.75) is 25.3 Å². The molecule has 0 bridgehead atoms. The second-order valence-corrected chi connectivity index (χ2v) is 5.99. The van der Waals surface area contributed by atoms with E-state index in [2.05, 4.69) is 4.74 Å². The summed E-state index contributed by atoms with van der Waals surface area (Å²) in [7, 11) is -6.22. The third-order valence-corrected chi connectivity index (χ3v) is 3.71. The zero-order valence-corrected chi connectivity index (χ0v) is 12.3. The van der Waals surface area contributed by atoms with Gasteiger partial charge in [-0.05, 0) is 37.1 Å². The van der Waals surface area contributed by atoms with Gasteiger partial charge in [-0.2, -0.15) is 8.78 Å². The fraction of sp³-hybridized carbons (Fsp3) is 0.417. The molecule has 0 saturated carbocycles. The van der Waals surface area contributed by atoms with Crippen LogP contribution in [-0.4, -0.2) is 42.1 Å². The molecule has 124 valence electrons. The smallest absolute Gasteiger partial charge is 0.368 e. The molecule has 10 heteroatoms. The summed E-state index contributed by atoms with van der Waals surface area (Å²) in [5, 5.41) is 4.31. The summed E-state index contributed by atoms with van der Waals surface area (Å²) in [6.45, 7) is 1.33. The normalized spacial score (nSPS) is 13.7. The fourth-order valence-electron chi connectivity index (χ4n) is 1.56. The molecular formula is C12H12F3O6S-. The summed E-state index contributed by atoms with van der Waals surface area (Å²) in [5.74, 6) is -1.28. The van der Waals surface area contributed by atoms with Crippen molar-refractivity contribution in [1.82, 2.24) is 0 Å². The molecule has 0 aliphatic heterocycles. The number of hydrogen-bond donors (Lipinski definition) is 1. The van der Waals surface area contributed by atoms with Gasteiger partial charge in [0, 0.05) is 0 Å².